The van der Waals surface area contributed by atoms with Crippen LogP contribution in [0.3, 0.4) is 0 Å². The first-order valence-electron chi connectivity index (χ1n) is 7.76. The molecule has 2 rings (SSSR count). The third-order valence-corrected chi connectivity index (χ3v) is 4.15. The van der Waals surface area contributed by atoms with Crippen LogP contribution in [-0.4, -0.2) is 31.2 Å². The second kappa shape index (κ2) is 8.59. The number of aryl methyl sites for hydroxylation is 1. The molecule has 1 heterocycles. The molecule has 0 unspecified atom stereocenters. The van der Waals surface area contributed by atoms with Gasteiger partial charge in [-0.15, -0.1) is 0 Å². The minimum atomic E-state index is -3.99. The maximum absolute atomic E-state index is 11.0. The van der Waals surface area contributed by atoms with E-state index in [1.165, 1.54) is 6.92 Å². The Kier molecular flexibility index (Phi) is 6.49. The van der Waals surface area contributed by atoms with Gasteiger partial charge in [-0.25, -0.2) is 0 Å². The molecule has 134 valence electrons. The van der Waals surface area contributed by atoms with Crippen molar-refractivity contribution < 1.29 is 27.1 Å². The summed E-state index contributed by atoms with van der Waals surface area (Å²) in [6.45, 7) is 2.38. The van der Waals surface area contributed by atoms with Gasteiger partial charge in [-0.3, -0.25) is 9.35 Å². The summed E-state index contributed by atoms with van der Waals surface area (Å²) in [4.78, 5) is 11.0. The zero-order valence-corrected chi connectivity index (χ0v) is 14.7. The molecule has 0 saturated carbocycles. The predicted octanol–water partition coefficient (Wildman–Crippen LogP) is 1.44. The van der Waals surface area contributed by atoms with E-state index in [4.69, 9.17) is 9.29 Å². The average molecular weight is 365 g/mol. The molecule has 1 amide bonds. The maximum Gasteiger partial charge on any atom is 0.265 e. The lowest BCUT2D eigenvalue weighted by Gasteiger charge is -2.07. The molecule has 2 N–H and O–H groups in total. The number of amides is 1. The van der Waals surface area contributed by atoms with Gasteiger partial charge in [0.2, 0.25) is 5.91 Å². The minimum Gasteiger partial charge on any atom is -0.487 e. The van der Waals surface area contributed by atoms with Crippen LogP contribution in [0.25, 0.3) is 0 Å². The fourth-order valence-corrected chi connectivity index (χ4v) is 2.76. The lowest BCUT2D eigenvalue weighted by atomic mass is 10.3. The van der Waals surface area contributed by atoms with E-state index >= 15 is 0 Å². The summed E-state index contributed by atoms with van der Waals surface area (Å²) in [5.41, 5.74) is 1.49. The van der Waals surface area contributed by atoms with Gasteiger partial charge >= 0.3 is 0 Å². The molecule has 8 heteroatoms. The Balaban J connectivity index is 1.90. The second-order valence-electron chi connectivity index (χ2n) is 5.48. The molecular formula is C17H21N2O5S+. The number of rotatable bonds is 8. The molecule has 7 nitrogen and oxygen atoms in total. The van der Waals surface area contributed by atoms with Gasteiger partial charge in [0.25, 0.3) is 10.1 Å². The highest BCUT2D eigenvalue weighted by molar-refractivity contribution is 7.85. The lowest BCUT2D eigenvalue weighted by molar-refractivity contribution is -0.704. The summed E-state index contributed by atoms with van der Waals surface area (Å²) in [7, 11) is -3.99. The first-order chi connectivity index (χ1) is 11.8. The molecule has 25 heavy (non-hydrogen) atoms. The molecule has 0 aliphatic heterocycles. The average Bonchev–Trinajstić information content (AvgIpc) is 2.54. The number of pyridine rings is 1. The zero-order chi connectivity index (χ0) is 18.3. The van der Waals surface area contributed by atoms with Gasteiger partial charge in [0.05, 0.1) is 5.75 Å². The Hall–Kier alpha value is -2.45. The topological polar surface area (TPSA) is 96.6 Å². The number of hydrogen-bond donors (Lipinski definition) is 2. The van der Waals surface area contributed by atoms with E-state index in [0.29, 0.717) is 24.6 Å². The maximum atomic E-state index is 11.0. The smallest absolute Gasteiger partial charge is 0.265 e. The molecule has 0 fully saturated rings. The van der Waals surface area contributed by atoms with E-state index in [2.05, 4.69) is 5.32 Å². The van der Waals surface area contributed by atoms with E-state index in [0.717, 1.165) is 5.69 Å². The third kappa shape index (κ3) is 6.90. The van der Waals surface area contributed by atoms with Crippen molar-refractivity contribution in [1.82, 2.24) is 0 Å². The number of hydrogen-bond acceptors (Lipinski definition) is 4. The van der Waals surface area contributed by atoms with Crippen LogP contribution in [0.1, 0.15) is 12.6 Å². The van der Waals surface area contributed by atoms with E-state index in [-0.39, 0.29) is 18.1 Å². The van der Waals surface area contributed by atoms with Gasteiger partial charge in [0.15, 0.2) is 18.4 Å². The van der Waals surface area contributed by atoms with Crippen LogP contribution in [0.15, 0.2) is 48.7 Å². The number of aromatic nitrogens is 1. The Labute approximate surface area is 147 Å². The summed E-state index contributed by atoms with van der Waals surface area (Å²) >= 11 is 0. The third-order valence-electron chi connectivity index (χ3n) is 3.43. The Morgan fingerprint density at radius 1 is 1.20 bits per heavy atom. The quantitative estimate of drug-likeness (QED) is 0.545. The fraction of sp³-hybridized carbons (Fsp3) is 0.294. The highest BCUT2D eigenvalue weighted by Crippen LogP contribution is 2.15. The number of carbonyl (C=O) groups excluding carboxylic acids is 1. The van der Waals surface area contributed by atoms with E-state index in [1.807, 2.05) is 29.0 Å². The summed E-state index contributed by atoms with van der Waals surface area (Å²) in [5.74, 6) is 0.222. The SMILES string of the molecule is CC(=O)Nc1ccc(OCC[n+]2ccccc2CCS(=O)(=O)O)cc1. The molecule has 0 aliphatic rings. The zero-order valence-electron chi connectivity index (χ0n) is 13.9. The van der Waals surface area contributed by atoms with Crippen LogP contribution in [0, 0.1) is 0 Å². The highest BCUT2D eigenvalue weighted by Gasteiger charge is 2.13. The molecular weight excluding hydrogens is 344 g/mol. The minimum absolute atomic E-state index is 0.133. The molecule has 0 saturated heterocycles. The molecule has 0 bridgehead atoms. The lowest BCUT2D eigenvalue weighted by Crippen LogP contribution is -2.41. The van der Waals surface area contributed by atoms with Crippen molar-refractivity contribution in [3.05, 3.63) is 54.4 Å². The first-order valence-corrected chi connectivity index (χ1v) is 9.37. The summed E-state index contributed by atoms with van der Waals surface area (Å²) < 4.78 is 38.2. The van der Waals surface area contributed by atoms with Crippen molar-refractivity contribution in [3.8, 4) is 5.75 Å². The van der Waals surface area contributed by atoms with Crippen molar-refractivity contribution >= 4 is 21.7 Å². The number of benzene rings is 1. The highest BCUT2D eigenvalue weighted by atomic mass is 32.2. The molecule has 0 aliphatic carbocycles. The number of anilines is 1. The van der Waals surface area contributed by atoms with Gasteiger partial charge in [-0.05, 0) is 24.3 Å². The van der Waals surface area contributed by atoms with Crippen LogP contribution in [0.5, 0.6) is 5.75 Å². The number of carbonyl (C=O) groups is 1. The normalized spacial score (nSPS) is 11.1. The van der Waals surface area contributed by atoms with Crippen molar-refractivity contribution in [3.63, 3.8) is 0 Å². The van der Waals surface area contributed by atoms with Crippen LogP contribution < -0.4 is 14.6 Å². The largest absolute Gasteiger partial charge is 0.487 e. The van der Waals surface area contributed by atoms with E-state index in [9.17, 15) is 13.2 Å². The predicted molar refractivity (Wildman–Crippen MR) is 93.0 cm³/mol. The van der Waals surface area contributed by atoms with Crippen LogP contribution >= 0.6 is 0 Å². The van der Waals surface area contributed by atoms with Gasteiger partial charge in [0, 0.05) is 31.2 Å². The van der Waals surface area contributed by atoms with Crippen LogP contribution in [-0.2, 0) is 27.9 Å². The Morgan fingerprint density at radius 2 is 1.92 bits per heavy atom. The fourth-order valence-electron chi connectivity index (χ4n) is 2.29. The summed E-state index contributed by atoms with van der Waals surface area (Å²) in [6.07, 6.45) is 2.06. The van der Waals surface area contributed by atoms with E-state index < -0.39 is 10.1 Å². The standard InChI is InChI=1S/C17H20N2O5S/c1-14(20)18-15-5-7-17(8-6-15)24-12-11-19-10-3-2-4-16(19)9-13-25(21,22)23/h2-8,10H,9,11-13H2,1H3,(H-,18,20,21,22,23)/p+1. The molecule has 0 radical (unpaired) electrons. The molecule has 0 atom stereocenters. The van der Waals surface area contributed by atoms with Crippen LogP contribution in [0.4, 0.5) is 5.69 Å². The Bertz CT molecular complexity index is 819. The number of nitrogens with one attached hydrogen (secondary N) is 1. The molecule has 0 spiro atoms. The number of nitrogens with zero attached hydrogens (tertiary/aromatic N) is 1. The van der Waals surface area contributed by atoms with Crippen molar-refractivity contribution in [2.45, 2.75) is 19.9 Å². The van der Waals surface area contributed by atoms with E-state index in [1.54, 1.807) is 24.3 Å². The van der Waals surface area contributed by atoms with Crippen LogP contribution in [0.2, 0.25) is 0 Å². The second-order valence-corrected chi connectivity index (χ2v) is 7.05. The monoisotopic (exact) mass is 365 g/mol. The first kappa shape index (κ1) is 18.9. The molecule has 1 aromatic heterocycles. The van der Waals surface area contributed by atoms with Gasteiger partial charge in [-0.2, -0.15) is 13.0 Å². The van der Waals surface area contributed by atoms with Gasteiger partial charge in [0.1, 0.15) is 12.4 Å². The summed E-state index contributed by atoms with van der Waals surface area (Å²) in [5, 5.41) is 2.68. The molecule has 1 aromatic carbocycles. The van der Waals surface area contributed by atoms with Crippen molar-refractivity contribution in [2.24, 2.45) is 0 Å². The summed E-state index contributed by atoms with van der Waals surface area (Å²) in [6, 6.07) is 12.5. The Morgan fingerprint density at radius 3 is 2.56 bits per heavy atom. The number of ether oxygens (including phenoxy) is 1. The van der Waals surface area contributed by atoms with Gasteiger partial charge in [-0.1, -0.05) is 6.07 Å². The van der Waals surface area contributed by atoms with Gasteiger partial charge < -0.3 is 10.1 Å². The van der Waals surface area contributed by atoms with Crippen molar-refractivity contribution in [2.75, 3.05) is 17.7 Å². The van der Waals surface area contributed by atoms with Crippen molar-refractivity contribution in [1.29, 1.82) is 0 Å². The molecule has 2 aromatic rings.